The van der Waals surface area contributed by atoms with Crippen molar-refractivity contribution in [3.8, 4) is 0 Å². The van der Waals surface area contributed by atoms with Crippen molar-refractivity contribution in [2.75, 3.05) is 0 Å². The third-order valence-corrected chi connectivity index (χ3v) is 2.80. The quantitative estimate of drug-likeness (QED) is 0.943. The van der Waals surface area contributed by atoms with Crippen LogP contribution in [-0.4, -0.2) is 11.1 Å². The molecule has 1 aromatic carbocycles. The molecule has 0 unspecified atom stereocenters. The molecule has 0 saturated carbocycles. The van der Waals surface area contributed by atoms with Crippen LogP contribution < -0.4 is 5.32 Å². The first-order chi connectivity index (χ1) is 8.65. The van der Waals surface area contributed by atoms with Crippen molar-refractivity contribution in [1.82, 2.24) is 10.5 Å². The minimum Gasteiger partial charge on any atom is -0.360 e. The first kappa shape index (κ1) is 12.8. The largest absolute Gasteiger partial charge is 0.360 e. The average molecular weight is 313 g/mol. The molecule has 6 heteroatoms. The van der Waals surface area contributed by atoms with Gasteiger partial charge in [0.15, 0.2) is 5.76 Å². The van der Waals surface area contributed by atoms with Crippen LogP contribution in [0.4, 0.5) is 4.39 Å². The van der Waals surface area contributed by atoms with Crippen molar-refractivity contribution in [3.05, 3.63) is 52.1 Å². The molecule has 4 nitrogen and oxygen atoms in total. The van der Waals surface area contributed by atoms with E-state index in [-0.39, 0.29) is 18.9 Å². The lowest BCUT2D eigenvalue weighted by Gasteiger charge is -2.05. The summed E-state index contributed by atoms with van der Waals surface area (Å²) >= 11 is 3.24. The Morgan fingerprint density at radius 3 is 3.00 bits per heavy atom. The molecule has 0 spiro atoms. The standard InChI is InChI=1S/C12H10BrFN2O2/c13-9-1-2-11(14)8(5-9)6-12(17)15-7-10-3-4-16-18-10/h1-5H,6-7H2,(H,15,17). The van der Waals surface area contributed by atoms with E-state index < -0.39 is 5.82 Å². The fourth-order valence-electron chi connectivity index (χ4n) is 1.43. The molecule has 0 aliphatic carbocycles. The Bertz CT molecular complexity index is 543. The van der Waals surface area contributed by atoms with Crippen molar-refractivity contribution in [2.24, 2.45) is 0 Å². The van der Waals surface area contributed by atoms with Crippen molar-refractivity contribution in [1.29, 1.82) is 0 Å². The Balaban J connectivity index is 1.92. The van der Waals surface area contributed by atoms with Crippen LogP contribution in [0.5, 0.6) is 0 Å². The first-order valence-corrected chi connectivity index (χ1v) is 6.04. The molecule has 0 bridgehead atoms. The molecule has 0 fully saturated rings. The maximum absolute atomic E-state index is 13.4. The number of hydrogen-bond donors (Lipinski definition) is 1. The fraction of sp³-hybridized carbons (Fsp3) is 0.167. The summed E-state index contributed by atoms with van der Waals surface area (Å²) in [5.41, 5.74) is 0.347. The zero-order valence-electron chi connectivity index (χ0n) is 9.32. The van der Waals surface area contributed by atoms with Gasteiger partial charge in [-0.05, 0) is 23.8 Å². The molecule has 0 aliphatic rings. The molecule has 2 rings (SSSR count). The third-order valence-electron chi connectivity index (χ3n) is 2.31. The topological polar surface area (TPSA) is 55.1 Å². The van der Waals surface area contributed by atoms with E-state index in [1.54, 1.807) is 18.2 Å². The monoisotopic (exact) mass is 312 g/mol. The second kappa shape index (κ2) is 5.77. The van der Waals surface area contributed by atoms with Gasteiger partial charge in [0.1, 0.15) is 5.82 Å². The molecule has 0 radical (unpaired) electrons. The summed E-state index contributed by atoms with van der Waals surface area (Å²) in [4.78, 5) is 11.6. The minimum absolute atomic E-state index is 0.0145. The number of aromatic nitrogens is 1. The number of carbonyl (C=O) groups is 1. The highest BCUT2D eigenvalue weighted by Gasteiger charge is 2.09. The van der Waals surface area contributed by atoms with E-state index in [4.69, 9.17) is 4.52 Å². The predicted molar refractivity (Wildman–Crippen MR) is 66.2 cm³/mol. The van der Waals surface area contributed by atoms with E-state index in [1.807, 2.05) is 0 Å². The highest BCUT2D eigenvalue weighted by atomic mass is 79.9. The number of halogens is 2. The minimum atomic E-state index is -0.395. The van der Waals surface area contributed by atoms with Gasteiger partial charge in [-0.25, -0.2) is 4.39 Å². The van der Waals surface area contributed by atoms with E-state index in [0.29, 0.717) is 11.3 Å². The maximum Gasteiger partial charge on any atom is 0.224 e. The van der Waals surface area contributed by atoms with Crippen molar-refractivity contribution in [3.63, 3.8) is 0 Å². The van der Waals surface area contributed by atoms with E-state index in [9.17, 15) is 9.18 Å². The number of nitrogens with one attached hydrogen (secondary N) is 1. The van der Waals surface area contributed by atoms with Gasteiger partial charge in [-0.15, -0.1) is 0 Å². The molecule has 94 valence electrons. The van der Waals surface area contributed by atoms with Gasteiger partial charge in [0.25, 0.3) is 0 Å². The average Bonchev–Trinajstić information content (AvgIpc) is 2.84. The molecule has 18 heavy (non-hydrogen) atoms. The number of rotatable bonds is 4. The van der Waals surface area contributed by atoms with Gasteiger partial charge in [-0.2, -0.15) is 0 Å². The van der Waals surface area contributed by atoms with Gasteiger partial charge < -0.3 is 9.84 Å². The molecule has 1 aromatic heterocycles. The van der Waals surface area contributed by atoms with Crippen LogP contribution in [0.1, 0.15) is 11.3 Å². The smallest absolute Gasteiger partial charge is 0.224 e. The molecule has 2 aromatic rings. The first-order valence-electron chi connectivity index (χ1n) is 5.25. The van der Waals surface area contributed by atoms with Crippen LogP contribution >= 0.6 is 15.9 Å². The second-order valence-electron chi connectivity index (χ2n) is 3.67. The summed E-state index contributed by atoms with van der Waals surface area (Å²) in [5, 5.41) is 6.14. The Labute approximate surface area is 111 Å². The van der Waals surface area contributed by atoms with Crippen LogP contribution in [0, 0.1) is 5.82 Å². The maximum atomic E-state index is 13.4. The summed E-state index contributed by atoms with van der Waals surface area (Å²) in [6, 6.07) is 6.15. The molecular weight excluding hydrogens is 303 g/mol. The predicted octanol–water partition coefficient (Wildman–Crippen LogP) is 2.44. The van der Waals surface area contributed by atoms with E-state index in [0.717, 1.165) is 4.47 Å². The van der Waals surface area contributed by atoms with Crippen LogP contribution in [-0.2, 0) is 17.8 Å². The molecule has 0 aliphatic heterocycles. The Morgan fingerprint density at radius 1 is 1.44 bits per heavy atom. The van der Waals surface area contributed by atoms with Crippen LogP contribution in [0.15, 0.2) is 39.5 Å². The lowest BCUT2D eigenvalue weighted by molar-refractivity contribution is -0.120. The van der Waals surface area contributed by atoms with E-state index in [1.165, 1.54) is 12.3 Å². The summed E-state index contributed by atoms with van der Waals surface area (Å²) in [6.45, 7) is 0.244. The summed E-state index contributed by atoms with van der Waals surface area (Å²) in [6.07, 6.45) is 1.48. The third kappa shape index (κ3) is 3.40. The van der Waals surface area contributed by atoms with Gasteiger partial charge in [0, 0.05) is 10.5 Å². The van der Waals surface area contributed by atoms with Crippen molar-refractivity contribution < 1.29 is 13.7 Å². The number of nitrogens with zero attached hydrogens (tertiary/aromatic N) is 1. The zero-order valence-corrected chi connectivity index (χ0v) is 10.9. The van der Waals surface area contributed by atoms with Crippen LogP contribution in [0.25, 0.3) is 0 Å². The summed E-state index contributed by atoms with van der Waals surface area (Å²) < 4.78 is 19.0. The SMILES string of the molecule is O=C(Cc1cc(Br)ccc1F)NCc1ccno1. The highest BCUT2D eigenvalue weighted by Crippen LogP contribution is 2.15. The van der Waals surface area contributed by atoms with Gasteiger partial charge >= 0.3 is 0 Å². The molecule has 1 heterocycles. The second-order valence-corrected chi connectivity index (χ2v) is 4.58. The molecular formula is C12H10BrFN2O2. The Kier molecular flexibility index (Phi) is 4.09. The Hall–Kier alpha value is -1.69. The van der Waals surface area contributed by atoms with Crippen molar-refractivity contribution >= 4 is 21.8 Å². The lowest BCUT2D eigenvalue weighted by atomic mass is 10.1. The van der Waals surface area contributed by atoms with Gasteiger partial charge in [-0.1, -0.05) is 21.1 Å². The molecule has 1 N–H and O–H groups in total. The molecule has 1 amide bonds. The lowest BCUT2D eigenvalue weighted by Crippen LogP contribution is -2.24. The Morgan fingerprint density at radius 2 is 2.28 bits per heavy atom. The summed E-state index contributed by atoms with van der Waals surface area (Å²) in [7, 11) is 0. The number of carbonyl (C=O) groups excluding carboxylic acids is 1. The zero-order chi connectivity index (χ0) is 13.0. The highest BCUT2D eigenvalue weighted by molar-refractivity contribution is 9.10. The van der Waals surface area contributed by atoms with Crippen LogP contribution in [0.3, 0.4) is 0 Å². The number of amides is 1. The van der Waals surface area contributed by atoms with Crippen LogP contribution in [0.2, 0.25) is 0 Å². The molecule has 0 atom stereocenters. The van der Waals surface area contributed by atoms with E-state index in [2.05, 4.69) is 26.4 Å². The van der Waals surface area contributed by atoms with Crippen molar-refractivity contribution in [2.45, 2.75) is 13.0 Å². The fourth-order valence-corrected chi connectivity index (χ4v) is 1.84. The van der Waals surface area contributed by atoms with Gasteiger partial charge in [-0.3, -0.25) is 4.79 Å². The molecule has 0 saturated heterocycles. The summed E-state index contributed by atoms with van der Waals surface area (Å²) in [5.74, 6) is -0.116. The normalized spacial score (nSPS) is 10.3. The number of hydrogen-bond acceptors (Lipinski definition) is 3. The number of benzene rings is 1. The van der Waals surface area contributed by atoms with Gasteiger partial charge in [0.05, 0.1) is 19.2 Å². The van der Waals surface area contributed by atoms with Gasteiger partial charge in [0.2, 0.25) is 5.91 Å². The van der Waals surface area contributed by atoms with E-state index >= 15 is 0 Å².